The van der Waals surface area contributed by atoms with E-state index in [1.807, 2.05) is 0 Å². The zero-order chi connectivity index (χ0) is 15.4. The number of nitrogens with one attached hydrogen (secondary N) is 1. The van der Waals surface area contributed by atoms with Crippen molar-refractivity contribution in [3.05, 3.63) is 47.7 Å². The highest BCUT2D eigenvalue weighted by atomic mass is 19.1. The number of pyridine rings is 1. The predicted molar refractivity (Wildman–Crippen MR) is 72.0 cm³/mol. The minimum Gasteiger partial charge on any atom is -0.491 e. The van der Waals surface area contributed by atoms with E-state index in [0.29, 0.717) is 6.61 Å². The first kappa shape index (κ1) is 14.7. The Labute approximate surface area is 119 Å². The lowest BCUT2D eigenvalue weighted by atomic mass is 10.2. The van der Waals surface area contributed by atoms with Crippen LogP contribution >= 0.6 is 0 Å². The largest absolute Gasteiger partial charge is 0.491 e. The molecule has 0 saturated heterocycles. The molecule has 0 spiro atoms. The Morgan fingerprint density at radius 2 is 2.14 bits per heavy atom. The van der Waals surface area contributed by atoms with Crippen molar-refractivity contribution >= 4 is 17.5 Å². The number of anilines is 2. The number of aromatic carboxylic acids is 1. The number of carboxylic acids is 1. The topological polar surface area (TPSA) is 71.5 Å². The second-order valence-electron chi connectivity index (χ2n) is 4.06. The lowest BCUT2D eigenvalue weighted by Crippen LogP contribution is -2.06. The van der Waals surface area contributed by atoms with Crippen LogP contribution in [0.3, 0.4) is 0 Å². The lowest BCUT2D eigenvalue weighted by Gasteiger charge is -2.10. The van der Waals surface area contributed by atoms with Gasteiger partial charge >= 0.3 is 5.97 Å². The van der Waals surface area contributed by atoms with Crippen molar-refractivity contribution < 1.29 is 23.4 Å². The number of halogens is 2. The van der Waals surface area contributed by atoms with Crippen molar-refractivity contribution in [3.8, 4) is 5.75 Å². The summed E-state index contributed by atoms with van der Waals surface area (Å²) >= 11 is 0. The van der Waals surface area contributed by atoms with Crippen LogP contribution in [0.15, 0.2) is 30.5 Å². The van der Waals surface area contributed by atoms with E-state index in [1.54, 1.807) is 6.92 Å². The van der Waals surface area contributed by atoms with Crippen LogP contribution < -0.4 is 10.1 Å². The maximum atomic E-state index is 13.7. The molecule has 2 rings (SSSR count). The molecule has 0 aliphatic carbocycles. The summed E-state index contributed by atoms with van der Waals surface area (Å²) < 4.78 is 31.8. The number of nitrogens with zero attached hydrogens (tertiary/aromatic N) is 1. The minimum absolute atomic E-state index is 0.0764. The van der Waals surface area contributed by atoms with Crippen LogP contribution in [-0.4, -0.2) is 22.7 Å². The van der Waals surface area contributed by atoms with Crippen molar-refractivity contribution in [1.82, 2.24) is 4.98 Å². The number of rotatable bonds is 5. The molecule has 21 heavy (non-hydrogen) atoms. The molecule has 0 atom stereocenters. The molecule has 110 valence electrons. The van der Waals surface area contributed by atoms with Crippen LogP contribution in [0.4, 0.5) is 20.3 Å². The summed E-state index contributed by atoms with van der Waals surface area (Å²) in [5, 5.41) is 11.6. The molecule has 0 aliphatic heterocycles. The molecule has 0 saturated carbocycles. The quantitative estimate of drug-likeness (QED) is 0.886. The Kier molecular flexibility index (Phi) is 4.32. The summed E-state index contributed by atoms with van der Waals surface area (Å²) in [6.45, 7) is 2.06. The first-order valence-corrected chi connectivity index (χ1v) is 6.09. The summed E-state index contributed by atoms with van der Waals surface area (Å²) in [7, 11) is 0. The molecule has 1 aromatic carbocycles. The van der Waals surface area contributed by atoms with Gasteiger partial charge in [0.05, 0.1) is 12.8 Å². The monoisotopic (exact) mass is 294 g/mol. The molecule has 0 bridgehead atoms. The highest BCUT2D eigenvalue weighted by Gasteiger charge is 2.14. The molecule has 0 amide bonds. The zero-order valence-corrected chi connectivity index (χ0v) is 11.1. The van der Waals surface area contributed by atoms with Gasteiger partial charge in [-0.3, -0.25) is 0 Å². The molecule has 1 heterocycles. The van der Waals surface area contributed by atoms with Crippen LogP contribution in [0, 0.1) is 11.6 Å². The molecule has 0 radical (unpaired) electrons. The van der Waals surface area contributed by atoms with Gasteiger partial charge in [0.15, 0.2) is 11.6 Å². The van der Waals surface area contributed by atoms with Crippen LogP contribution in [0.1, 0.15) is 17.3 Å². The minimum atomic E-state index is -1.34. The first-order chi connectivity index (χ1) is 10.0. The standard InChI is InChI=1S/C14H12F2N2O3/c1-2-21-12-4-3-9(6-11(12)16)18-13-10(14(19)20)5-8(15)7-17-13/h3-7H,2H2,1H3,(H,17,18)(H,19,20). The van der Waals surface area contributed by atoms with Crippen LogP contribution in [-0.2, 0) is 0 Å². The van der Waals surface area contributed by atoms with Crippen molar-refractivity contribution in [2.75, 3.05) is 11.9 Å². The van der Waals surface area contributed by atoms with E-state index < -0.39 is 17.6 Å². The Balaban J connectivity index is 2.30. The first-order valence-electron chi connectivity index (χ1n) is 6.09. The van der Waals surface area contributed by atoms with E-state index in [4.69, 9.17) is 9.84 Å². The molecule has 2 N–H and O–H groups in total. The summed E-state index contributed by atoms with van der Waals surface area (Å²) in [6.07, 6.45) is 0.875. The Bertz CT molecular complexity index is 677. The maximum Gasteiger partial charge on any atom is 0.339 e. The number of carbonyl (C=O) groups is 1. The van der Waals surface area contributed by atoms with E-state index in [0.717, 1.165) is 18.3 Å². The van der Waals surface area contributed by atoms with Gasteiger partial charge in [-0.2, -0.15) is 0 Å². The third-order valence-corrected chi connectivity index (χ3v) is 2.58. The molecule has 5 nitrogen and oxygen atoms in total. The molecular weight excluding hydrogens is 282 g/mol. The van der Waals surface area contributed by atoms with Crippen molar-refractivity contribution in [3.63, 3.8) is 0 Å². The third kappa shape index (κ3) is 3.44. The number of ether oxygens (including phenoxy) is 1. The second-order valence-corrected chi connectivity index (χ2v) is 4.06. The SMILES string of the molecule is CCOc1ccc(Nc2ncc(F)cc2C(=O)O)cc1F. The van der Waals surface area contributed by atoms with E-state index in [-0.39, 0.29) is 22.8 Å². The van der Waals surface area contributed by atoms with Gasteiger partial charge < -0.3 is 15.2 Å². The highest BCUT2D eigenvalue weighted by molar-refractivity contribution is 5.93. The number of benzene rings is 1. The Hall–Kier alpha value is -2.70. The maximum absolute atomic E-state index is 13.7. The molecular formula is C14H12F2N2O3. The number of carboxylic acid groups (broad SMARTS) is 1. The normalized spacial score (nSPS) is 10.2. The fourth-order valence-electron chi connectivity index (χ4n) is 1.69. The lowest BCUT2D eigenvalue weighted by molar-refractivity contribution is 0.0697. The molecule has 0 unspecified atom stereocenters. The zero-order valence-electron chi connectivity index (χ0n) is 11.1. The molecule has 2 aromatic rings. The van der Waals surface area contributed by atoms with E-state index >= 15 is 0 Å². The predicted octanol–water partition coefficient (Wildman–Crippen LogP) is 3.20. The van der Waals surface area contributed by atoms with Gasteiger partial charge in [-0.1, -0.05) is 0 Å². The van der Waals surface area contributed by atoms with Gasteiger partial charge in [-0.25, -0.2) is 18.6 Å². The van der Waals surface area contributed by atoms with Crippen molar-refractivity contribution in [2.45, 2.75) is 6.92 Å². The van der Waals surface area contributed by atoms with Crippen LogP contribution in [0.2, 0.25) is 0 Å². The highest BCUT2D eigenvalue weighted by Crippen LogP contribution is 2.24. The number of hydrogen-bond acceptors (Lipinski definition) is 4. The average Bonchev–Trinajstić information content (AvgIpc) is 2.44. The van der Waals surface area contributed by atoms with Crippen LogP contribution in [0.25, 0.3) is 0 Å². The fraction of sp³-hybridized carbons (Fsp3) is 0.143. The third-order valence-electron chi connectivity index (χ3n) is 2.58. The van der Waals surface area contributed by atoms with E-state index in [2.05, 4.69) is 10.3 Å². The summed E-state index contributed by atoms with van der Waals surface area (Å²) in [6, 6.07) is 4.89. The van der Waals surface area contributed by atoms with Gasteiger partial charge in [-0.15, -0.1) is 0 Å². The number of hydrogen-bond donors (Lipinski definition) is 2. The summed E-state index contributed by atoms with van der Waals surface area (Å²) in [5.74, 6) is -2.69. The van der Waals surface area contributed by atoms with E-state index in [1.165, 1.54) is 12.1 Å². The van der Waals surface area contributed by atoms with Gasteiger partial charge in [-0.05, 0) is 25.1 Å². The fourth-order valence-corrected chi connectivity index (χ4v) is 1.69. The molecule has 0 aliphatic rings. The van der Waals surface area contributed by atoms with E-state index in [9.17, 15) is 13.6 Å². The summed E-state index contributed by atoms with van der Waals surface area (Å²) in [5.41, 5.74) is -0.0677. The van der Waals surface area contributed by atoms with Crippen molar-refractivity contribution in [1.29, 1.82) is 0 Å². The smallest absolute Gasteiger partial charge is 0.339 e. The van der Waals surface area contributed by atoms with Gasteiger partial charge in [0.1, 0.15) is 17.2 Å². The Morgan fingerprint density at radius 1 is 1.38 bits per heavy atom. The van der Waals surface area contributed by atoms with Crippen LogP contribution in [0.5, 0.6) is 5.75 Å². The molecule has 1 aromatic heterocycles. The van der Waals surface area contributed by atoms with Gasteiger partial charge in [0.25, 0.3) is 0 Å². The number of aromatic nitrogens is 1. The second kappa shape index (κ2) is 6.17. The molecule has 0 fully saturated rings. The van der Waals surface area contributed by atoms with Crippen molar-refractivity contribution in [2.24, 2.45) is 0 Å². The van der Waals surface area contributed by atoms with Gasteiger partial charge in [0.2, 0.25) is 0 Å². The van der Waals surface area contributed by atoms with Gasteiger partial charge in [0, 0.05) is 11.8 Å². The summed E-state index contributed by atoms with van der Waals surface area (Å²) in [4.78, 5) is 14.7. The Morgan fingerprint density at radius 3 is 2.76 bits per heavy atom. The molecule has 7 heteroatoms. The average molecular weight is 294 g/mol.